The van der Waals surface area contributed by atoms with Gasteiger partial charge in [-0.15, -0.1) is 0 Å². The van der Waals surface area contributed by atoms with Crippen LogP contribution >= 0.6 is 0 Å². The van der Waals surface area contributed by atoms with Gasteiger partial charge in [0.1, 0.15) is 12.3 Å². The number of aromatic nitrogens is 2. The zero-order valence-corrected chi connectivity index (χ0v) is 11.2. The van der Waals surface area contributed by atoms with Crippen molar-refractivity contribution in [2.45, 2.75) is 13.0 Å². The van der Waals surface area contributed by atoms with Crippen LogP contribution in [0.25, 0.3) is 0 Å². The second-order valence-electron chi connectivity index (χ2n) is 5.05. The van der Waals surface area contributed by atoms with Crippen molar-refractivity contribution in [3.8, 4) is 5.88 Å². The molecular weight excluding hydrogens is 252 g/mol. The van der Waals surface area contributed by atoms with E-state index >= 15 is 0 Å². The Morgan fingerprint density at radius 3 is 3.30 bits per heavy atom. The van der Waals surface area contributed by atoms with Gasteiger partial charge in [-0.3, -0.25) is 4.98 Å². The van der Waals surface area contributed by atoms with Crippen molar-refractivity contribution in [3.63, 3.8) is 0 Å². The van der Waals surface area contributed by atoms with Crippen LogP contribution in [0, 0.1) is 0 Å². The molecule has 0 amide bonds. The summed E-state index contributed by atoms with van der Waals surface area (Å²) < 4.78 is 5.60. The lowest BCUT2D eigenvalue weighted by Gasteiger charge is -2.31. The molecule has 2 aromatic heterocycles. The van der Waals surface area contributed by atoms with Crippen molar-refractivity contribution in [2.75, 3.05) is 24.6 Å². The second-order valence-corrected chi connectivity index (χ2v) is 5.05. The molecule has 2 aromatic rings. The molecule has 2 aliphatic rings. The van der Waals surface area contributed by atoms with E-state index in [9.17, 15) is 0 Å². The maximum atomic E-state index is 5.60. The SMILES string of the molecule is c1cnc2c(c1)N(c1cnc3c(c1)CNCC3)CCO2. The van der Waals surface area contributed by atoms with E-state index in [1.54, 1.807) is 6.20 Å². The van der Waals surface area contributed by atoms with Gasteiger partial charge in [0.15, 0.2) is 0 Å². The van der Waals surface area contributed by atoms with Crippen LogP contribution in [0.15, 0.2) is 30.6 Å². The van der Waals surface area contributed by atoms with Gasteiger partial charge >= 0.3 is 0 Å². The Balaban J connectivity index is 1.75. The van der Waals surface area contributed by atoms with Crippen molar-refractivity contribution in [3.05, 3.63) is 41.9 Å². The summed E-state index contributed by atoms with van der Waals surface area (Å²) in [5, 5.41) is 3.39. The van der Waals surface area contributed by atoms with E-state index in [-0.39, 0.29) is 0 Å². The lowest BCUT2D eigenvalue weighted by atomic mass is 10.1. The van der Waals surface area contributed by atoms with E-state index in [4.69, 9.17) is 4.74 Å². The van der Waals surface area contributed by atoms with Crippen molar-refractivity contribution < 1.29 is 4.74 Å². The molecule has 0 bridgehead atoms. The smallest absolute Gasteiger partial charge is 0.237 e. The molecule has 1 N–H and O–H groups in total. The number of fused-ring (bicyclic) bond motifs is 2. The molecule has 5 nitrogen and oxygen atoms in total. The molecule has 0 unspecified atom stereocenters. The fourth-order valence-corrected chi connectivity index (χ4v) is 2.80. The Morgan fingerprint density at radius 1 is 1.30 bits per heavy atom. The van der Waals surface area contributed by atoms with Gasteiger partial charge in [0.05, 0.1) is 18.4 Å². The second kappa shape index (κ2) is 4.76. The maximum Gasteiger partial charge on any atom is 0.237 e. The van der Waals surface area contributed by atoms with E-state index in [0.717, 1.165) is 37.4 Å². The molecule has 2 aliphatic heterocycles. The highest BCUT2D eigenvalue weighted by molar-refractivity contribution is 5.68. The number of anilines is 2. The molecule has 4 heterocycles. The van der Waals surface area contributed by atoms with Crippen molar-refractivity contribution in [2.24, 2.45) is 0 Å². The Bertz CT molecular complexity index is 644. The predicted octanol–water partition coefficient (Wildman–Crippen LogP) is 1.65. The number of hydrogen-bond donors (Lipinski definition) is 1. The first-order chi connectivity index (χ1) is 9.92. The van der Waals surface area contributed by atoms with Gasteiger partial charge in [0, 0.05) is 31.4 Å². The molecule has 4 rings (SSSR count). The molecule has 0 aliphatic carbocycles. The molecular formula is C15H16N4O. The van der Waals surface area contributed by atoms with Gasteiger partial charge < -0.3 is 15.0 Å². The fraction of sp³-hybridized carbons (Fsp3) is 0.333. The van der Waals surface area contributed by atoms with Crippen LogP contribution in [0.5, 0.6) is 5.88 Å². The summed E-state index contributed by atoms with van der Waals surface area (Å²) >= 11 is 0. The third-order valence-electron chi connectivity index (χ3n) is 3.81. The van der Waals surface area contributed by atoms with E-state index in [1.165, 1.54) is 11.3 Å². The van der Waals surface area contributed by atoms with E-state index in [2.05, 4.69) is 26.3 Å². The minimum Gasteiger partial charge on any atom is -0.474 e. The van der Waals surface area contributed by atoms with Gasteiger partial charge in [0.2, 0.25) is 5.88 Å². The lowest BCUT2D eigenvalue weighted by molar-refractivity contribution is 0.301. The summed E-state index contributed by atoms with van der Waals surface area (Å²) in [7, 11) is 0. The van der Waals surface area contributed by atoms with Gasteiger partial charge in [0.25, 0.3) is 0 Å². The molecule has 0 spiro atoms. The van der Waals surface area contributed by atoms with Gasteiger partial charge in [-0.2, -0.15) is 0 Å². The van der Waals surface area contributed by atoms with Crippen LogP contribution < -0.4 is 15.0 Å². The molecule has 0 saturated heterocycles. The summed E-state index contributed by atoms with van der Waals surface area (Å²) in [4.78, 5) is 11.1. The Labute approximate surface area is 117 Å². The molecule has 0 atom stereocenters. The minimum atomic E-state index is 0.652. The third kappa shape index (κ3) is 1.91. The normalized spacial score (nSPS) is 17.1. The molecule has 0 aromatic carbocycles. The zero-order valence-electron chi connectivity index (χ0n) is 11.2. The average Bonchev–Trinajstić information content (AvgIpc) is 2.54. The minimum absolute atomic E-state index is 0.652. The van der Waals surface area contributed by atoms with Crippen LogP contribution in [0.4, 0.5) is 11.4 Å². The van der Waals surface area contributed by atoms with E-state index < -0.39 is 0 Å². The highest BCUT2D eigenvalue weighted by Gasteiger charge is 2.21. The Kier molecular flexibility index (Phi) is 2.77. The zero-order chi connectivity index (χ0) is 13.4. The highest BCUT2D eigenvalue weighted by atomic mass is 16.5. The number of nitrogens with one attached hydrogen (secondary N) is 1. The number of rotatable bonds is 1. The highest BCUT2D eigenvalue weighted by Crippen LogP contribution is 2.34. The first-order valence-corrected chi connectivity index (χ1v) is 6.96. The largest absolute Gasteiger partial charge is 0.474 e. The monoisotopic (exact) mass is 268 g/mol. The van der Waals surface area contributed by atoms with Crippen LogP contribution in [-0.4, -0.2) is 29.7 Å². The standard InChI is InChI=1S/C15H16N4O/c1-2-14-15(17-4-1)20-7-6-19(14)12-8-11-9-16-5-3-13(11)18-10-12/h1-2,4,8,10,16H,3,5-7,9H2. The average molecular weight is 268 g/mol. The van der Waals surface area contributed by atoms with E-state index in [0.29, 0.717) is 12.5 Å². The summed E-state index contributed by atoms with van der Waals surface area (Å²) in [5.74, 6) is 0.703. The van der Waals surface area contributed by atoms with Crippen LogP contribution in [-0.2, 0) is 13.0 Å². The van der Waals surface area contributed by atoms with Gasteiger partial charge in [-0.25, -0.2) is 4.98 Å². The summed E-state index contributed by atoms with van der Waals surface area (Å²) in [6, 6.07) is 6.21. The number of pyridine rings is 2. The van der Waals surface area contributed by atoms with Crippen LogP contribution in [0.3, 0.4) is 0 Å². The topological polar surface area (TPSA) is 50.3 Å². The number of ether oxygens (including phenoxy) is 1. The van der Waals surface area contributed by atoms with Crippen LogP contribution in [0.1, 0.15) is 11.3 Å². The summed E-state index contributed by atoms with van der Waals surface area (Å²) in [6.45, 7) is 3.40. The predicted molar refractivity (Wildman–Crippen MR) is 76.4 cm³/mol. The number of nitrogens with zero attached hydrogens (tertiary/aromatic N) is 3. The lowest BCUT2D eigenvalue weighted by Crippen LogP contribution is -2.30. The van der Waals surface area contributed by atoms with Crippen molar-refractivity contribution >= 4 is 11.4 Å². The quantitative estimate of drug-likeness (QED) is 0.852. The van der Waals surface area contributed by atoms with Crippen LogP contribution in [0.2, 0.25) is 0 Å². The molecule has 0 radical (unpaired) electrons. The van der Waals surface area contributed by atoms with E-state index in [1.807, 2.05) is 18.3 Å². The Morgan fingerprint density at radius 2 is 2.30 bits per heavy atom. The first kappa shape index (κ1) is 11.7. The van der Waals surface area contributed by atoms with Gasteiger partial charge in [-0.05, 0) is 23.8 Å². The molecule has 20 heavy (non-hydrogen) atoms. The molecule has 5 heteroatoms. The fourth-order valence-electron chi connectivity index (χ4n) is 2.80. The van der Waals surface area contributed by atoms with Gasteiger partial charge in [-0.1, -0.05) is 0 Å². The molecule has 102 valence electrons. The Hall–Kier alpha value is -2.14. The number of hydrogen-bond acceptors (Lipinski definition) is 5. The molecule has 0 fully saturated rings. The first-order valence-electron chi connectivity index (χ1n) is 6.96. The molecule has 0 saturated carbocycles. The van der Waals surface area contributed by atoms with Crippen molar-refractivity contribution in [1.29, 1.82) is 0 Å². The van der Waals surface area contributed by atoms with Crippen molar-refractivity contribution in [1.82, 2.24) is 15.3 Å². The summed E-state index contributed by atoms with van der Waals surface area (Å²) in [5.41, 5.74) is 4.65. The maximum absolute atomic E-state index is 5.60. The third-order valence-corrected chi connectivity index (χ3v) is 3.81. The summed E-state index contributed by atoms with van der Waals surface area (Å²) in [6.07, 6.45) is 4.74.